The summed E-state index contributed by atoms with van der Waals surface area (Å²) in [5.74, 6) is 1.30. The molecule has 0 saturated heterocycles. The molecule has 1 rings (SSSR count). The lowest BCUT2D eigenvalue weighted by atomic mass is 10.1. The summed E-state index contributed by atoms with van der Waals surface area (Å²) in [4.78, 5) is 23.6. The SMILES string of the molecule is C#CCN(CC(=O)O)C(=O)COc1cccc(C)c1C. The van der Waals surface area contributed by atoms with Crippen molar-refractivity contribution in [3.05, 3.63) is 29.3 Å². The molecule has 0 heterocycles. The lowest BCUT2D eigenvalue weighted by Gasteiger charge is -2.18. The molecule has 0 atom stereocenters. The fourth-order valence-electron chi connectivity index (χ4n) is 1.62. The zero-order valence-corrected chi connectivity index (χ0v) is 11.5. The number of hydrogen-bond donors (Lipinski definition) is 1. The number of ether oxygens (including phenoxy) is 1. The zero-order chi connectivity index (χ0) is 15.1. The highest BCUT2D eigenvalue weighted by molar-refractivity contribution is 5.82. The van der Waals surface area contributed by atoms with Gasteiger partial charge in [0.1, 0.15) is 12.3 Å². The van der Waals surface area contributed by atoms with Crippen molar-refractivity contribution in [1.82, 2.24) is 4.90 Å². The summed E-state index contributed by atoms with van der Waals surface area (Å²) in [6, 6.07) is 5.54. The van der Waals surface area contributed by atoms with Crippen LogP contribution in [0.15, 0.2) is 18.2 Å². The molecule has 0 saturated carbocycles. The van der Waals surface area contributed by atoms with Gasteiger partial charge in [-0.05, 0) is 31.0 Å². The van der Waals surface area contributed by atoms with Crippen molar-refractivity contribution >= 4 is 11.9 Å². The Morgan fingerprint density at radius 1 is 1.40 bits per heavy atom. The quantitative estimate of drug-likeness (QED) is 0.793. The van der Waals surface area contributed by atoms with Crippen LogP contribution < -0.4 is 4.74 Å². The first-order valence-corrected chi connectivity index (χ1v) is 6.07. The van der Waals surface area contributed by atoms with Crippen molar-refractivity contribution in [3.8, 4) is 18.1 Å². The van der Waals surface area contributed by atoms with Crippen LogP contribution in [0.4, 0.5) is 0 Å². The minimum Gasteiger partial charge on any atom is -0.483 e. The molecule has 5 nitrogen and oxygen atoms in total. The third-order valence-corrected chi connectivity index (χ3v) is 2.87. The monoisotopic (exact) mass is 275 g/mol. The Hall–Kier alpha value is -2.48. The van der Waals surface area contributed by atoms with E-state index >= 15 is 0 Å². The summed E-state index contributed by atoms with van der Waals surface area (Å²) in [5, 5.41) is 8.72. The summed E-state index contributed by atoms with van der Waals surface area (Å²) < 4.78 is 5.44. The Balaban J connectivity index is 2.67. The van der Waals surface area contributed by atoms with Gasteiger partial charge in [-0.1, -0.05) is 18.1 Å². The maximum absolute atomic E-state index is 11.9. The molecular weight excluding hydrogens is 258 g/mol. The van der Waals surface area contributed by atoms with Crippen LogP contribution in [0.1, 0.15) is 11.1 Å². The smallest absolute Gasteiger partial charge is 0.323 e. The van der Waals surface area contributed by atoms with Crippen LogP contribution in [0.2, 0.25) is 0 Å². The molecule has 1 aromatic rings. The number of aryl methyl sites for hydroxylation is 1. The van der Waals surface area contributed by atoms with E-state index in [2.05, 4.69) is 5.92 Å². The lowest BCUT2D eigenvalue weighted by Crippen LogP contribution is -2.39. The Bertz CT molecular complexity index is 545. The van der Waals surface area contributed by atoms with Crippen molar-refractivity contribution in [1.29, 1.82) is 0 Å². The first-order chi connectivity index (χ1) is 9.45. The molecule has 0 fully saturated rings. The predicted octanol–water partition coefficient (Wildman–Crippen LogP) is 1.23. The van der Waals surface area contributed by atoms with Crippen LogP contribution in [0.5, 0.6) is 5.75 Å². The minimum atomic E-state index is -1.11. The number of carboxylic acid groups (broad SMARTS) is 1. The van der Waals surface area contributed by atoms with Gasteiger partial charge in [0.25, 0.3) is 5.91 Å². The van der Waals surface area contributed by atoms with E-state index in [4.69, 9.17) is 16.3 Å². The van der Waals surface area contributed by atoms with E-state index in [1.807, 2.05) is 26.0 Å². The molecule has 0 aromatic heterocycles. The van der Waals surface area contributed by atoms with Crippen LogP contribution in [0, 0.1) is 26.2 Å². The number of aliphatic carboxylic acids is 1. The van der Waals surface area contributed by atoms with Gasteiger partial charge in [0, 0.05) is 0 Å². The van der Waals surface area contributed by atoms with Crippen LogP contribution in [-0.4, -0.2) is 41.6 Å². The van der Waals surface area contributed by atoms with Crippen molar-refractivity contribution in [2.75, 3.05) is 19.7 Å². The second-order valence-corrected chi connectivity index (χ2v) is 4.33. The minimum absolute atomic E-state index is 0.0543. The number of terminal acetylenes is 1. The number of carbonyl (C=O) groups excluding carboxylic acids is 1. The highest BCUT2D eigenvalue weighted by Crippen LogP contribution is 2.20. The van der Waals surface area contributed by atoms with Gasteiger partial charge in [-0.2, -0.15) is 0 Å². The van der Waals surface area contributed by atoms with Gasteiger partial charge in [-0.25, -0.2) is 0 Å². The van der Waals surface area contributed by atoms with E-state index in [0.717, 1.165) is 16.0 Å². The Morgan fingerprint density at radius 3 is 2.70 bits per heavy atom. The van der Waals surface area contributed by atoms with Gasteiger partial charge >= 0.3 is 5.97 Å². The maximum atomic E-state index is 11.9. The Morgan fingerprint density at radius 2 is 2.10 bits per heavy atom. The first kappa shape index (κ1) is 15.6. The number of rotatable bonds is 6. The first-order valence-electron chi connectivity index (χ1n) is 6.07. The van der Waals surface area contributed by atoms with E-state index in [1.165, 1.54) is 0 Å². The van der Waals surface area contributed by atoms with Gasteiger partial charge in [0.05, 0.1) is 6.54 Å². The van der Waals surface area contributed by atoms with Crippen molar-refractivity contribution in [2.45, 2.75) is 13.8 Å². The highest BCUT2D eigenvalue weighted by atomic mass is 16.5. The fourth-order valence-corrected chi connectivity index (χ4v) is 1.62. The second kappa shape index (κ2) is 7.19. The number of benzene rings is 1. The molecule has 0 aliphatic carbocycles. The average Bonchev–Trinajstić information content (AvgIpc) is 2.39. The van der Waals surface area contributed by atoms with Gasteiger partial charge < -0.3 is 14.7 Å². The third-order valence-electron chi connectivity index (χ3n) is 2.87. The van der Waals surface area contributed by atoms with Gasteiger partial charge in [0.2, 0.25) is 0 Å². The molecule has 0 aliphatic heterocycles. The van der Waals surface area contributed by atoms with Crippen LogP contribution >= 0.6 is 0 Å². The summed E-state index contributed by atoms with van der Waals surface area (Å²) >= 11 is 0. The molecular formula is C15H17NO4. The average molecular weight is 275 g/mol. The lowest BCUT2D eigenvalue weighted by molar-refractivity contribution is -0.144. The molecule has 0 unspecified atom stereocenters. The third kappa shape index (κ3) is 4.32. The van der Waals surface area contributed by atoms with Gasteiger partial charge in [-0.3, -0.25) is 9.59 Å². The maximum Gasteiger partial charge on any atom is 0.323 e. The number of amides is 1. The van der Waals surface area contributed by atoms with E-state index in [1.54, 1.807) is 6.07 Å². The van der Waals surface area contributed by atoms with Crippen LogP contribution in [0.25, 0.3) is 0 Å². The summed E-state index contributed by atoms with van der Waals surface area (Å²) in [6.07, 6.45) is 5.12. The molecule has 0 spiro atoms. The van der Waals surface area contributed by atoms with Crippen molar-refractivity contribution in [2.24, 2.45) is 0 Å². The highest BCUT2D eigenvalue weighted by Gasteiger charge is 2.16. The van der Waals surface area contributed by atoms with E-state index in [0.29, 0.717) is 5.75 Å². The molecule has 1 amide bonds. The van der Waals surface area contributed by atoms with Crippen molar-refractivity contribution in [3.63, 3.8) is 0 Å². The number of carbonyl (C=O) groups is 2. The van der Waals surface area contributed by atoms with E-state index in [-0.39, 0.29) is 13.2 Å². The largest absolute Gasteiger partial charge is 0.483 e. The Labute approximate surface area is 118 Å². The molecule has 20 heavy (non-hydrogen) atoms. The van der Waals surface area contributed by atoms with Gasteiger partial charge in [-0.15, -0.1) is 6.42 Å². The molecule has 0 aliphatic rings. The summed E-state index contributed by atoms with van der Waals surface area (Å²) in [6.45, 7) is 3.12. The molecule has 5 heteroatoms. The number of nitrogens with zero attached hydrogens (tertiary/aromatic N) is 1. The topological polar surface area (TPSA) is 66.8 Å². The van der Waals surface area contributed by atoms with Crippen LogP contribution in [0.3, 0.4) is 0 Å². The number of carboxylic acids is 1. The fraction of sp³-hybridized carbons (Fsp3) is 0.333. The van der Waals surface area contributed by atoms with E-state index < -0.39 is 18.4 Å². The normalized spacial score (nSPS) is 9.65. The molecule has 0 bridgehead atoms. The van der Waals surface area contributed by atoms with Crippen LogP contribution in [-0.2, 0) is 9.59 Å². The Kier molecular flexibility index (Phi) is 5.60. The summed E-state index contributed by atoms with van der Waals surface area (Å²) in [7, 11) is 0. The summed E-state index contributed by atoms with van der Waals surface area (Å²) in [5.41, 5.74) is 2.00. The zero-order valence-electron chi connectivity index (χ0n) is 11.5. The standard InChI is InChI=1S/C15H17NO4/c1-4-8-16(9-15(18)19)14(17)10-20-13-7-5-6-11(2)12(13)3/h1,5-7H,8-10H2,2-3H3,(H,18,19). The number of hydrogen-bond acceptors (Lipinski definition) is 3. The van der Waals surface area contributed by atoms with Gasteiger partial charge in [0.15, 0.2) is 6.61 Å². The molecule has 106 valence electrons. The van der Waals surface area contributed by atoms with E-state index in [9.17, 15) is 9.59 Å². The predicted molar refractivity (Wildman–Crippen MR) is 74.5 cm³/mol. The van der Waals surface area contributed by atoms with Crippen molar-refractivity contribution < 1.29 is 19.4 Å². The molecule has 1 aromatic carbocycles. The molecule has 1 N–H and O–H groups in total. The second-order valence-electron chi connectivity index (χ2n) is 4.33. The molecule has 0 radical (unpaired) electrons.